The van der Waals surface area contributed by atoms with E-state index in [-0.39, 0.29) is 30.0 Å². The molecule has 2 aliphatic rings. The van der Waals surface area contributed by atoms with Crippen molar-refractivity contribution in [2.45, 2.75) is 25.4 Å². The fourth-order valence-corrected chi connectivity index (χ4v) is 3.96. The van der Waals surface area contributed by atoms with E-state index in [1.54, 1.807) is 23.0 Å². The Morgan fingerprint density at radius 2 is 2.06 bits per heavy atom. The Morgan fingerprint density at radius 3 is 2.81 bits per heavy atom. The number of rotatable bonds is 8. The molecule has 0 aliphatic carbocycles. The largest absolute Gasteiger partial charge is 0.497 e. The molecule has 3 heterocycles. The highest BCUT2D eigenvalue weighted by atomic mass is 16.5. The van der Waals surface area contributed by atoms with Gasteiger partial charge in [0.2, 0.25) is 5.91 Å². The first kappa shape index (κ1) is 22.3. The Bertz CT molecular complexity index is 918. The molecule has 2 saturated heterocycles. The maximum absolute atomic E-state index is 13.3. The molecule has 2 amide bonds. The summed E-state index contributed by atoms with van der Waals surface area (Å²) in [6.45, 7) is 3.71. The molecule has 0 spiro atoms. The van der Waals surface area contributed by atoms with E-state index < -0.39 is 0 Å². The molecular weight excluding hydrogens is 414 g/mol. The molecule has 1 aromatic heterocycles. The Morgan fingerprint density at radius 1 is 1.22 bits per heavy atom. The second-order valence-electron chi connectivity index (χ2n) is 7.94. The highest BCUT2D eigenvalue weighted by Gasteiger charge is 2.27. The van der Waals surface area contributed by atoms with Gasteiger partial charge in [-0.05, 0) is 25.0 Å². The molecule has 4 rings (SSSR count). The van der Waals surface area contributed by atoms with Crippen molar-refractivity contribution in [3.05, 3.63) is 36.0 Å². The van der Waals surface area contributed by atoms with Gasteiger partial charge in [0.1, 0.15) is 5.75 Å². The van der Waals surface area contributed by atoms with Crippen molar-refractivity contribution >= 4 is 11.8 Å². The summed E-state index contributed by atoms with van der Waals surface area (Å²) in [6.07, 6.45) is 2.10. The summed E-state index contributed by atoms with van der Waals surface area (Å²) in [7, 11) is 1.59. The maximum Gasteiger partial charge on any atom is 0.276 e. The van der Waals surface area contributed by atoms with Crippen molar-refractivity contribution in [1.29, 1.82) is 0 Å². The zero-order valence-corrected chi connectivity index (χ0v) is 18.3. The summed E-state index contributed by atoms with van der Waals surface area (Å²) in [5.74, 6) is 0.922. The Balaban J connectivity index is 1.45. The van der Waals surface area contributed by atoms with Crippen molar-refractivity contribution in [2.24, 2.45) is 0 Å². The molecule has 2 aliphatic heterocycles. The van der Waals surface area contributed by atoms with Gasteiger partial charge in [0.05, 0.1) is 26.4 Å². The first-order valence-electron chi connectivity index (χ1n) is 11.0. The number of hydrogen-bond donors (Lipinski definition) is 0. The molecule has 172 valence electrons. The Hall–Kier alpha value is -2.91. The second kappa shape index (κ2) is 10.6. The molecule has 0 N–H and O–H groups in total. The highest BCUT2D eigenvalue weighted by molar-refractivity contribution is 5.93. The number of benzene rings is 1. The van der Waals surface area contributed by atoms with E-state index in [0.717, 1.165) is 18.4 Å². The van der Waals surface area contributed by atoms with Crippen LogP contribution < -0.4 is 4.74 Å². The summed E-state index contributed by atoms with van der Waals surface area (Å²) >= 11 is 0. The van der Waals surface area contributed by atoms with Crippen LogP contribution in [-0.4, -0.2) is 86.0 Å². The fourth-order valence-electron chi connectivity index (χ4n) is 3.96. The van der Waals surface area contributed by atoms with Crippen LogP contribution in [0.25, 0.3) is 11.3 Å². The molecule has 1 aromatic carbocycles. The van der Waals surface area contributed by atoms with Crippen LogP contribution in [-0.2, 0) is 14.3 Å². The lowest BCUT2D eigenvalue weighted by Gasteiger charge is -2.29. The first-order chi connectivity index (χ1) is 15.6. The van der Waals surface area contributed by atoms with Crippen molar-refractivity contribution in [1.82, 2.24) is 15.0 Å². The zero-order valence-electron chi connectivity index (χ0n) is 18.3. The third kappa shape index (κ3) is 5.46. The molecule has 2 fully saturated rings. The molecule has 0 radical (unpaired) electrons. The monoisotopic (exact) mass is 443 g/mol. The van der Waals surface area contributed by atoms with Gasteiger partial charge in [-0.15, -0.1) is 0 Å². The number of methoxy groups -OCH3 is 1. The number of morpholine rings is 1. The quantitative estimate of drug-likeness (QED) is 0.617. The van der Waals surface area contributed by atoms with Gasteiger partial charge in [0.25, 0.3) is 5.91 Å². The van der Waals surface area contributed by atoms with Crippen molar-refractivity contribution in [3.8, 4) is 17.1 Å². The van der Waals surface area contributed by atoms with Gasteiger partial charge in [0, 0.05) is 50.8 Å². The van der Waals surface area contributed by atoms with E-state index in [9.17, 15) is 9.59 Å². The third-order valence-corrected chi connectivity index (χ3v) is 5.78. The summed E-state index contributed by atoms with van der Waals surface area (Å²) in [5, 5.41) is 4.00. The maximum atomic E-state index is 13.3. The van der Waals surface area contributed by atoms with Gasteiger partial charge in [-0.2, -0.15) is 0 Å². The van der Waals surface area contributed by atoms with Gasteiger partial charge in [-0.3, -0.25) is 9.59 Å². The minimum Gasteiger partial charge on any atom is -0.497 e. The number of ether oxygens (including phenoxy) is 3. The average Bonchev–Trinajstić information content (AvgIpc) is 3.54. The standard InChI is InChI=1S/C23H29N3O6/c1-29-18-5-2-4-17(14-18)21-15-20(24-32-21)23(28)26(16-19-6-3-11-31-19)8-7-22(27)25-9-12-30-13-10-25/h2,4-5,14-15,19H,3,6-13,16H2,1H3. The number of nitrogens with zero attached hydrogens (tertiary/aromatic N) is 3. The van der Waals surface area contributed by atoms with Gasteiger partial charge >= 0.3 is 0 Å². The molecule has 0 saturated carbocycles. The van der Waals surface area contributed by atoms with Gasteiger partial charge < -0.3 is 28.5 Å². The summed E-state index contributed by atoms with van der Waals surface area (Å²) in [5.41, 5.74) is 0.976. The van der Waals surface area contributed by atoms with Crippen LogP contribution in [0.1, 0.15) is 29.8 Å². The van der Waals surface area contributed by atoms with E-state index >= 15 is 0 Å². The van der Waals surface area contributed by atoms with Crippen LogP contribution in [0.3, 0.4) is 0 Å². The van der Waals surface area contributed by atoms with E-state index in [2.05, 4.69) is 5.16 Å². The van der Waals surface area contributed by atoms with Crippen LogP contribution >= 0.6 is 0 Å². The molecule has 1 atom stereocenters. The van der Waals surface area contributed by atoms with E-state index in [1.807, 2.05) is 24.3 Å². The summed E-state index contributed by atoms with van der Waals surface area (Å²) < 4.78 is 21.7. The minimum absolute atomic E-state index is 0.0238. The van der Waals surface area contributed by atoms with Crippen LogP contribution in [0.5, 0.6) is 5.75 Å². The van der Waals surface area contributed by atoms with Crippen LogP contribution in [0.15, 0.2) is 34.9 Å². The van der Waals surface area contributed by atoms with Crippen molar-refractivity contribution in [2.75, 3.05) is 53.1 Å². The van der Waals surface area contributed by atoms with Crippen LogP contribution in [0.2, 0.25) is 0 Å². The van der Waals surface area contributed by atoms with Crippen molar-refractivity contribution in [3.63, 3.8) is 0 Å². The molecule has 2 aromatic rings. The van der Waals surface area contributed by atoms with Crippen LogP contribution in [0, 0.1) is 0 Å². The number of amides is 2. The molecule has 9 nitrogen and oxygen atoms in total. The predicted octanol–water partition coefficient (Wildman–Crippen LogP) is 2.22. The number of carbonyl (C=O) groups is 2. The van der Waals surface area contributed by atoms with E-state index in [1.165, 1.54) is 0 Å². The minimum atomic E-state index is -0.270. The molecule has 32 heavy (non-hydrogen) atoms. The van der Waals surface area contributed by atoms with Crippen LogP contribution in [0.4, 0.5) is 0 Å². The molecular formula is C23H29N3O6. The predicted molar refractivity (Wildman–Crippen MR) is 115 cm³/mol. The van der Waals surface area contributed by atoms with Gasteiger partial charge in [0.15, 0.2) is 11.5 Å². The Labute approximate surface area is 187 Å². The van der Waals surface area contributed by atoms with Crippen molar-refractivity contribution < 1.29 is 28.3 Å². The zero-order chi connectivity index (χ0) is 22.3. The second-order valence-corrected chi connectivity index (χ2v) is 7.94. The first-order valence-corrected chi connectivity index (χ1v) is 11.0. The van der Waals surface area contributed by atoms with Gasteiger partial charge in [-0.1, -0.05) is 17.3 Å². The normalized spacial score (nSPS) is 18.5. The summed E-state index contributed by atoms with van der Waals surface area (Å²) in [6, 6.07) is 8.99. The molecule has 1 unspecified atom stereocenters. The SMILES string of the molecule is COc1cccc(-c2cc(C(=O)N(CCC(=O)N3CCOCC3)CC3CCCO3)no2)c1. The smallest absolute Gasteiger partial charge is 0.276 e. The van der Waals surface area contributed by atoms with E-state index in [4.69, 9.17) is 18.7 Å². The number of hydrogen-bond acceptors (Lipinski definition) is 7. The Kier molecular flexibility index (Phi) is 7.39. The number of aromatic nitrogens is 1. The lowest BCUT2D eigenvalue weighted by atomic mass is 10.1. The van der Waals surface area contributed by atoms with E-state index in [0.29, 0.717) is 57.5 Å². The highest BCUT2D eigenvalue weighted by Crippen LogP contribution is 2.25. The lowest BCUT2D eigenvalue weighted by Crippen LogP contribution is -2.44. The van der Waals surface area contributed by atoms with Gasteiger partial charge in [-0.25, -0.2) is 0 Å². The molecule has 9 heteroatoms. The topological polar surface area (TPSA) is 94.3 Å². The third-order valence-electron chi connectivity index (χ3n) is 5.78. The average molecular weight is 444 g/mol. The fraction of sp³-hybridized carbons (Fsp3) is 0.522. The lowest BCUT2D eigenvalue weighted by molar-refractivity contribution is -0.135. The summed E-state index contributed by atoms with van der Waals surface area (Å²) in [4.78, 5) is 29.3. The molecule has 0 bridgehead atoms. The number of carbonyl (C=O) groups excluding carboxylic acids is 2.